The van der Waals surface area contributed by atoms with Crippen LogP contribution in [-0.4, -0.2) is 27.2 Å². The van der Waals surface area contributed by atoms with Gasteiger partial charge in [-0.05, 0) is 52.4 Å². The second-order valence-electron chi connectivity index (χ2n) is 7.72. The molecule has 0 unspecified atom stereocenters. The maximum atomic E-state index is 11.8. The highest BCUT2D eigenvalue weighted by molar-refractivity contribution is 5.99. The van der Waals surface area contributed by atoms with Crippen LogP contribution in [0.25, 0.3) is 21.9 Å². The molecule has 4 heteroatoms. The number of ether oxygens (including phenoxy) is 1. The maximum absolute atomic E-state index is 11.8. The number of nitrogens with zero attached hydrogens (tertiary/aromatic N) is 1. The van der Waals surface area contributed by atoms with Crippen LogP contribution in [0.2, 0.25) is 0 Å². The Balaban J connectivity index is 1.48. The molecule has 0 atom stereocenters. The van der Waals surface area contributed by atoms with E-state index >= 15 is 0 Å². The topological polar surface area (TPSA) is 41.6 Å². The van der Waals surface area contributed by atoms with E-state index in [1.165, 1.54) is 29.5 Å². The molecule has 31 heavy (non-hydrogen) atoms. The van der Waals surface area contributed by atoms with E-state index in [0.717, 1.165) is 23.0 Å². The first-order valence-electron chi connectivity index (χ1n) is 10.3. The summed E-state index contributed by atoms with van der Waals surface area (Å²) in [6.45, 7) is 0.720. The Labute approximate surface area is 183 Å². The zero-order chi connectivity index (χ0) is 21.8. The lowest BCUT2D eigenvalue weighted by atomic mass is 10.0. The van der Waals surface area contributed by atoms with Gasteiger partial charge in [0.15, 0.2) is 0 Å². The molecule has 4 aromatic carbocycles. The Hall–Kier alpha value is -3.79. The van der Waals surface area contributed by atoms with Crippen molar-refractivity contribution in [2.24, 2.45) is 0 Å². The molecule has 0 radical (unpaired) electrons. The minimum atomic E-state index is -0.322. The molecule has 0 heterocycles. The van der Waals surface area contributed by atoms with Crippen molar-refractivity contribution in [1.82, 2.24) is 0 Å². The molecule has 0 bridgehead atoms. The first-order valence-corrected chi connectivity index (χ1v) is 10.3. The number of esters is 1. The maximum Gasteiger partial charge on any atom is 0.337 e. The molecule has 0 aliphatic carbocycles. The number of rotatable bonds is 6. The molecule has 0 aliphatic rings. The number of anilines is 2. The number of carbonyl (C=O) groups excluding carboxylic acids is 1. The lowest BCUT2D eigenvalue weighted by molar-refractivity contribution is 0.0601. The summed E-state index contributed by atoms with van der Waals surface area (Å²) < 4.78 is 4.82. The Kier molecular flexibility index (Phi) is 5.89. The zero-order valence-electron chi connectivity index (χ0n) is 18.1. The summed E-state index contributed by atoms with van der Waals surface area (Å²) in [6, 6.07) is 28.9. The van der Waals surface area contributed by atoms with Gasteiger partial charge in [0.25, 0.3) is 0 Å². The number of methoxy groups -OCH3 is 1. The zero-order valence-corrected chi connectivity index (χ0v) is 18.1. The summed E-state index contributed by atoms with van der Waals surface area (Å²) in [4.78, 5) is 13.9. The van der Waals surface area contributed by atoms with E-state index in [1.54, 1.807) is 6.07 Å². The first-order chi connectivity index (χ1) is 15.0. The molecular formula is C27H26N2O2. The van der Waals surface area contributed by atoms with Crippen LogP contribution in [0.1, 0.15) is 15.9 Å². The van der Waals surface area contributed by atoms with Gasteiger partial charge in [-0.15, -0.1) is 0 Å². The minimum absolute atomic E-state index is 0.322. The van der Waals surface area contributed by atoms with Crippen LogP contribution >= 0.6 is 0 Å². The molecule has 0 fully saturated rings. The number of hydrogen-bond donors (Lipinski definition) is 1. The van der Waals surface area contributed by atoms with E-state index in [0.29, 0.717) is 5.56 Å². The van der Waals surface area contributed by atoms with Gasteiger partial charge in [0.2, 0.25) is 0 Å². The van der Waals surface area contributed by atoms with Crippen molar-refractivity contribution in [2.75, 3.05) is 31.4 Å². The van der Waals surface area contributed by atoms with Crippen LogP contribution in [0.3, 0.4) is 0 Å². The predicted molar refractivity (Wildman–Crippen MR) is 129 cm³/mol. The molecule has 0 spiro atoms. The van der Waals surface area contributed by atoms with Gasteiger partial charge in [0, 0.05) is 37.4 Å². The normalized spacial score (nSPS) is 10.7. The Morgan fingerprint density at radius 1 is 0.871 bits per heavy atom. The van der Waals surface area contributed by atoms with Gasteiger partial charge in [-0.25, -0.2) is 4.79 Å². The fourth-order valence-corrected chi connectivity index (χ4v) is 3.65. The Bertz CT molecular complexity index is 1200. The van der Waals surface area contributed by atoms with Crippen LogP contribution in [-0.2, 0) is 11.3 Å². The van der Waals surface area contributed by atoms with Gasteiger partial charge in [-0.3, -0.25) is 0 Å². The van der Waals surface area contributed by atoms with Gasteiger partial charge in [0.05, 0.1) is 12.7 Å². The quantitative estimate of drug-likeness (QED) is 0.398. The van der Waals surface area contributed by atoms with E-state index in [1.807, 2.05) is 38.4 Å². The Morgan fingerprint density at radius 3 is 2.19 bits per heavy atom. The van der Waals surface area contributed by atoms with Gasteiger partial charge < -0.3 is 15.0 Å². The van der Waals surface area contributed by atoms with Crippen LogP contribution in [0.4, 0.5) is 11.4 Å². The third-order valence-corrected chi connectivity index (χ3v) is 5.46. The third-order valence-electron chi connectivity index (χ3n) is 5.46. The van der Waals surface area contributed by atoms with Gasteiger partial charge in [0.1, 0.15) is 0 Å². The van der Waals surface area contributed by atoms with E-state index in [2.05, 4.69) is 64.8 Å². The summed E-state index contributed by atoms with van der Waals surface area (Å²) >= 11 is 0. The van der Waals surface area contributed by atoms with Crippen molar-refractivity contribution in [1.29, 1.82) is 0 Å². The molecular weight excluding hydrogens is 384 g/mol. The predicted octanol–water partition coefficient (Wildman–Crippen LogP) is 5.97. The lowest BCUT2D eigenvalue weighted by Gasteiger charge is -2.13. The molecule has 4 aromatic rings. The standard InChI is InChI=1S/C27H26N2O2/c1-29(2)24-14-11-21(12-15-24)20-9-7-19(8-10-20)18-28-26-6-4-5-22-17-23(27(30)31-3)13-16-25(22)26/h4-17,28H,18H2,1-3H3. The molecule has 156 valence electrons. The second-order valence-corrected chi connectivity index (χ2v) is 7.72. The third kappa shape index (κ3) is 4.53. The molecule has 0 aromatic heterocycles. The van der Waals surface area contributed by atoms with Crippen LogP contribution < -0.4 is 10.2 Å². The van der Waals surface area contributed by atoms with Gasteiger partial charge in [-0.1, -0.05) is 54.6 Å². The first kappa shape index (κ1) is 20.5. The second kappa shape index (κ2) is 8.92. The van der Waals surface area contributed by atoms with Crippen molar-refractivity contribution in [2.45, 2.75) is 6.54 Å². The number of nitrogens with one attached hydrogen (secondary N) is 1. The molecule has 0 amide bonds. The molecule has 1 N–H and O–H groups in total. The van der Waals surface area contributed by atoms with Crippen molar-refractivity contribution in [3.8, 4) is 11.1 Å². The van der Waals surface area contributed by atoms with Crippen molar-refractivity contribution in [3.63, 3.8) is 0 Å². The van der Waals surface area contributed by atoms with Gasteiger partial charge >= 0.3 is 5.97 Å². The molecule has 4 rings (SSSR count). The molecule has 4 nitrogen and oxygen atoms in total. The molecule has 0 aliphatic heterocycles. The highest BCUT2D eigenvalue weighted by Crippen LogP contribution is 2.26. The summed E-state index contributed by atoms with van der Waals surface area (Å²) in [7, 11) is 5.49. The van der Waals surface area contributed by atoms with Gasteiger partial charge in [-0.2, -0.15) is 0 Å². The van der Waals surface area contributed by atoms with Crippen LogP contribution in [0, 0.1) is 0 Å². The Morgan fingerprint density at radius 2 is 1.55 bits per heavy atom. The van der Waals surface area contributed by atoms with E-state index in [4.69, 9.17) is 4.74 Å². The van der Waals surface area contributed by atoms with E-state index in [9.17, 15) is 4.79 Å². The summed E-state index contributed by atoms with van der Waals surface area (Å²) in [6.07, 6.45) is 0. The van der Waals surface area contributed by atoms with Crippen LogP contribution in [0.15, 0.2) is 84.9 Å². The summed E-state index contributed by atoms with van der Waals surface area (Å²) in [5.41, 5.74) is 6.41. The minimum Gasteiger partial charge on any atom is -0.465 e. The molecule has 0 saturated heterocycles. The summed E-state index contributed by atoms with van der Waals surface area (Å²) in [5, 5.41) is 5.60. The average Bonchev–Trinajstić information content (AvgIpc) is 2.82. The van der Waals surface area contributed by atoms with E-state index in [-0.39, 0.29) is 5.97 Å². The monoisotopic (exact) mass is 410 g/mol. The number of carbonyl (C=O) groups is 1. The number of benzene rings is 4. The van der Waals surface area contributed by atoms with Crippen molar-refractivity contribution >= 4 is 28.1 Å². The largest absolute Gasteiger partial charge is 0.465 e. The fraction of sp³-hybridized carbons (Fsp3) is 0.148. The number of fused-ring (bicyclic) bond motifs is 1. The lowest BCUT2D eigenvalue weighted by Crippen LogP contribution is -2.07. The van der Waals surface area contributed by atoms with Crippen LogP contribution in [0.5, 0.6) is 0 Å². The highest BCUT2D eigenvalue weighted by atomic mass is 16.5. The SMILES string of the molecule is COC(=O)c1ccc2c(NCc3ccc(-c4ccc(N(C)C)cc4)cc3)cccc2c1. The summed E-state index contributed by atoms with van der Waals surface area (Å²) in [5.74, 6) is -0.322. The fourth-order valence-electron chi connectivity index (χ4n) is 3.65. The smallest absolute Gasteiger partial charge is 0.337 e. The number of hydrogen-bond acceptors (Lipinski definition) is 4. The van der Waals surface area contributed by atoms with Crippen molar-refractivity contribution in [3.05, 3.63) is 96.1 Å². The average molecular weight is 411 g/mol. The molecule has 0 saturated carbocycles. The van der Waals surface area contributed by atoms with Crippen molar-refractivity contribution < 1.29 is 9.53 Å². The van der Waals surface area contributed by atoms with E-state index < -0.39 is 0 Å². The highest BCUT2D eigenvalue weighted by Gasteiger charge is 2.08.